The molecule has 0 saturated carbocycles. The van der Waals surface area contributed by atoms with Gasteiger partial charge in [0.2, 0.25) is 0 Å². The van der Waals surface area contributed by atoms with Crippen LogP contribution < -0.4 is 4.74 Å². The lowest BCUT2D eigenvalue weighted by Gasteiger charge is -2.12. The molecule has 0 heterocycles. The fourth-order valence-corrected chi connectivity index (χ4v) is 2.66. The van der Waals surface area contributed by atoms with Gasteiger partial charge in [-0.05, 0) is 77.7 Å². The van der Waals surface area contributed by atoms with Crippen LogP contribution in [0.2, 0.25) is 0 Å². The molecule has 0 bridgehead atoms. The lowest BCUT2D eigenvalue weighted by Crippen LogP contribution is -1.93. The zero-order valence-corrected chi connectivity index (χ0v) is 14.7. The average molecular weight is 400 g/mol. The molecule has 0 aliphatic carbocycles. The minimum Gasteiger partial charge on any atom is -0.456 e. The number of hydrogen-bond acceptors (Lipinski definition) is 2. The summed E-state index contributed by atoms with van der Waals surface area (Å²) >= 11 is 7.03. The number of aliphatic hydroxyl groups is 1. The maximum atomic E-state index is 9.57. The van der Waals surface area contributed by atoms with E-state index in [-0.39, 0.29) is 0 Å². The molecular weight excluding hydrogens is 384 g/mol. The first kappa shape index (κ1) is 15.5. The molecule has 4 heteroatoms. The summed E-state index contributed by atoms with van der Waals surface area (Å²) in [5.41, 5.74) is 3.13. The molecule has 2 aromatic carbocycles. The predicted octanol–water partition coefficient (Wildman–Crippen LogP) is 5.67. The molecule has 0 fully saturated rings. The van der Waals surface area contributed by atoms with E-state index in [1.807, 2.05) is 44.2 Å². The first-order valence-corrected chi connectivity index (χ1v) is 7.89. The first-order chi connectivity index (χ1) is 9.38. The lowest BCUT2D eigenvalue weighted by atomic mass is 10.1. The second kappa shape index (κ2) is 6.29. The highest BCUT2D eigenvalue weighted by molar-refractivity contribution is 9.10. The summed E-state index contributed by atoms with van der Waals surface area (Å²) in [5.74, 6) is 1.53. The van der Waals surface area contributed by atoms with E-state index in [4.69, 9.17) is 4.74 Å². The monoisotopic (exact) mass is 398 g/mol. The SMILES string of the molecule is Cc1cc(Oc2ccc(C(C)O)cc2Br)cc(C)c1Br. The number of benzene rings is 2. The van der Waals surface area contributed by atoms with Gasteiger partial charge in [0.15, 0.2) is 0 Å². The highest BCUT2D eigenvalue weighted by Gasteiger charge is 2.09. The topological polar surface area (TPSA) is 29.5 Å². The van der Waals surface area contributed by atoms with Crippen molar-refractivity contribution in [2.24, 2.45) is 0 Å². The minimum atomic E-state index is -0.488. The third kappa shape index (κ3) is 3.43. The second-order valence-electron chi connectivity index (χ2n) is 4.84. The van der Waals surface area contributed by atoms with Crippen molar-refractivity contribution in [1.29, 1.82) is 0 Å². The quantitative estimate of drug-likeness (QED) is 0.719. The molecule has 20 heavy (non-hydrogen) atoms. The molecule has 1 unspecified atom stereocenters. The van der Waals surface area contributed by atoms with Crippen LogP contribution in [0, 0.1) is 13.8 Å². The summed E-state index contributed by atoms with van der Waals surface area (Å²) in [7, 11) is 0. The Morgan fingerprint density at radius 1 is 1.05 bits per heavy atom. The highest BCUT2D eigenvalue weighted by atomic mass is 79.9. The molecule has 0 aliphatic heterocycles. The Bertz CT molecular complexity index is 613. The maximum Gasteiger partial charge on any atom is 0.141 e. The van der Waals surface area contributed by atoms with Crippen LogP contribution in [0.4, 0.5) is 0 Å². The van der Waals surface area contributed by atoms with Gasteiger partial charge in [-0.25, -0.2) is 0 Å². The molecule has 0 spiro atoms. The molecule has 2 rings (SSSR count). The molecular formula is C16H16Br2O2. The van der Waals surface area contributed by atoms with Crippen LogP contribution in [-0.4, -0.2) is 5.11 Å². The van der Waals surface area contributed by atoms with Gasteiger partial charge in [-0.15, -0.1) is 0 Å². The molecule has 0 aromatic heterocycles. The average Bonchev–Trinajstić information content (AvgIpc) is 2.38. The van der Waals surface area contributed by atoms with Gasteiger partial charge < -0.3 is 9.84 Å². The number of halogens is 2. The summed E-state index contributed by atoms with van der Waals surface area (Å²) < 4.78 is 7.84. The summed E-state index contributed by atoms with van der Waals surface area (Å²) in [4.78, 5) is 0. The Labute approximate surface area is 136 Å². The molecule has 1 N–H and O–H groups in total. The van der Waals surface area contributed by atoms with E-state index in [1.54, 1.807) is 6.92 Å². The van der Waals surface area contributed by atoms with Gasteiger partial charge in [0.1, 0.15) is 11.5 Å². The molecule has 106 valence electrons. The number of rotatable bonds is 3. The van der Waals surface area contributed by atoms with Gasteiger partial charge in [0.25, 0.3) is 0 Å². The van der Waals surface area contributed by atoms with Crippen LogP contribution in [0.1, 0.15) is 29.7 Å². The Balaban J connectivity index is 2.31. The van der Waals surface area contributed by atoms with Gasteiger partial charge in [-0.2, -0.15) is 0 Å². The standard InChI is InChI=1S/C16H16Br2O2/c1-9-6-13(7-10(2)16(9)18)20-15-5-4-12(11(3)19)8-14(15)17/h4-8,11,19H,1-3H3. The van der Waals surface area contributed by atoms with Crippen LogP contribution in [0.15, 0.2) is 39.3 Å². The molecule has 0 saturated heterocycles. The lowest BCUT2D eigenvalue weighted by molar-refractivity contribution is 0.199. The zero-order valence-electron chi connectivity index (χ0n) is 11.6. The molecule has 2 aromatic rings. The van der Waals surface area contributed by atoms with Crippen molar-refractivity contribution in [3.05, 3.63) is 56.0 Å². The second-order valence-corrected chi connectivity index (χ2v) is 6.49. The Hall–Kier alpha value is -0.840. The summed E-state index contributed by atoms with van der Waals surface area (Å²) in [6.07, 6.45) is -0.488. The maximum absolute atomic E-state index is 9.57. The molecule has 0 radical (unpaired) electrons. The number of hydrogen-bond donors (Lipinski definition) is 1. The number of ether oxygens (including phenoxy) is 1. The van der Waals surface area contributed by atoms with Crippen molar-refractivity contribution in [1.82, 2.24) is 0 Å². The first-order valence-electron chi connectivity index (χ1n) is 6.30. The van der Waals surface area contributed by atoms with Gasteiger partial charge in [-0.1, -0.05) is 22.0 Å². The molecule has 0 aliphatic rings. The zero-order chi connectivity index (χ0) is 14.9. The van der Waals surface area contributed by atoms with Crippen molar-refractivity contribution < 1.29 is 9.84 Å². The number of aliphatic hydroxyl groups excluding tert-OH is 1. The van der Waals surface area contributed by atoms with Crippen molar-refractivity contribution in [2.45, 2.75) is 26.9 Å². The van der Waals surface area contributed by atoms with Crippen LogP contribution in [0.3, 0.4) is 0 Å². The largest absolute Gasteiger partial charge is 0.456 e. The van der Waals surface area contributed by atoms with Crippen molar-refractivity contribution in [2.75, 3.05) is 0 Å². The van der Waals surface area contributed by atoms with Gasteiger partial charge >= 0.3 is 0 Å². The van der Waals surface area contributed by atoms with Crippen molar-refractivity contribution >= 4 is 31.9 Å². The summed E-state index contributed by atoms with van der Waals surface area (Å²) in [5, 5.41) is 9.57. The normalized spacial score (nSPS) is 12.3. The van der Waals surface area contributed by atoms with E-state index in [2.05, 4.69) is 31.9 Å². The molecule has 1 atom stereocenters. The predicted molar refractivity (Wildman–Crippen MR) is 88.5 cm³/mol. The summed E-state index contributed by atoms with van der Waals surface area (Å²) in [6.45, 7) is 5.81. The van der Waals surface area contributed by atoms with E-state index in [0.29, 0.717) is 0 Å². The van der Waals surface area contributed by atoms with Crippen molar-refractivity contribution in [3.8, 4) is 11.5 Å². The Kier molecular flexibility index (Phi) is 4.89. The Morgan fingerprint density at radius 2 is 1.65 bits per heavy atom. The van der Waals surface area contributed by atoms with E-state index >= 15 is 0 Å². The molecule has 2 nitrogen and oxygen atoms in total. The van der Waals surface area contributed by atoms with Crippen LogP contribution >= 0.6 is 31.9 Å². The van der Waals surface area contributed by atoms with E-state index in [9.17, 15) is 5.11 Å². The van der Waals surface area contributed by atoms with Crippen molar-refractivity contribution in [3.63, 3.8) is 0 Å². The van der Waals surface area contributed by atoms with Crippen LogP contribution in [0.25, 0.3) is 0 Å². The van der Waals surface area contributed by atoms with Crippen LogP contribution in [0.5, 0.6) is 11.5 Å². The van der Waals surface area contributed by atoms with Crippen LogP contribution in [-0.2, 0) is 0 Å². The fourth-order valence-electron chi connectivity index (χ4n) is 1.95. The third-order valence-electron chi connectivity index (χ3n) is 3.08. The number of aryl methyl sites for hydroxylation is 2. The van der Waals surface area contributed by atoms with E-state index in [1.165, 1.54) is 0 Å². The third-order valence-corrected chi connectivity index (χ3v) is 4.95. The smallest absolute Gasteiger partial charge is 0.141 e. The van der Waals surface area contributed by atoms with Gasteiger partial charge in [0, 0.05) is 4.47 Å². The highest BCUT2D eigenvalue weighted by Crippen LogP contribution is 2.34. The summed E-state index contributed by atoms with van der Waals surface area (Å²) in [6, 6.07) is 9.58. The van der Waals surface area contributed by atoms with Gasteiger partial charge in [-0.3, -0.25) is 0 Å². The van der Waals surface area contributed by atoms with E-state index in [0.717, 1.165) is 37.1 Å². The van der Waals surface area contributed by atoms with Gasteiger partial charge in [0.05, 0.1) is 10.6 Å². The van der Waals surface area contributed by atoms with E-state index < -0.39 is 6.10 Å². The minimum absolute atomic E-state index is 0.488. The molecule has 0 amide bonds. The fraction of sp³-hybridized carbons (Fsp3) is 0.250. The Morgan fingerprint density at radius 3 is 2.15 bits per heavy atom.